The number of rotatable bonds is 10. The molecular formula is C13H29N3O2. The Morgan fingerprint density at radius 1 is 1.22 bits per heavy atom. The first kappa shape index (κ1) is 17.2. The van der Waals surface area contributed by atoms with Gasteiger partial charge in [-0.3, -0.25) is 4.99 Å². The summed E-state index contributed by atoms with van der Waals surface area (Å²) in [7, 11) is 1.71. The number of hydrogen-bond donors (Lipinski definition) is 2. The normalized spacial score (nSPS) is 11.9. The first-order valence-corrected chi connectivity index (χ1v) is 6.79. The van der Waals surface area contributed by atoms with Crippen LogP contribution in [0, 0.1) is 5.92 Å². The van der Waals surface area contributed by atoms with Gasteiger partial charge in [-0.25, -0.2) is 0 Å². The van der Waals surface area contributed by atoms with E-state index in [9.17, 15) is 0 Å². The van der Waals surface area contributed by atoms with E-state index in [0.29, 0.717) is 12.5 Å². The second kappa shape index (κ2) is 12.6. The Morgan fingerprint density at radius 2 is 2.00 bits per heavy atom. The van der Waals surface area contributed by atoms with Crippen molar-refractivity contribution in [2.75, 3.05) is 46.6 Å². The van der Waals surface area contributed by atoms with E-state index < -0.39 is 0 Å². The van der Waals surface area contributed by atoms with Gasteiger partial charge in [0.15, 0.2) is 5.96 Å². The van der Waals surface area contributed by atoms with Gasteiger partial charge in [-0.2, -0.15) is 0 Å². The van der Waals surface area contributed by atoms with E-state index >= 15 is 0 Å². The molecule has 0 radical (unpaired) electrons. The fourth-order valence-electron chi connectivity index (χ4n) is 1.30. The topological polar surface area (TPSA) is 54.9 Å². The van der Waals surface area contributed by atoms with Crippen molar-refractivity contribution in [3.8, 4) is 0 Å². The van der Waals surface area contributed by atoms with Crippen LogP contribution in [0.4, 0.5) is 0 Å². The molecule has 0 aromatic rings. The predicted octanol–water partition coefficient (Wildman–Crippen LogP) is 1.25. The molecule has 0 aromatic heterocycles. The van der Waals surface area contributed by atoms with Crippen LogP contribution >= 0.6 is 0 Å². The third-order valence-electron chi connectivity index (χ3n) is 2.11. The summed E-state index contributed by atoms with van der Waals surface area (Å²) in [5.74, 6) is 1.43. The molecule has 0 aliphatic rings. The van der Waals surface area contributed by atoms with Crippen LogP contribution in [-0.2, 0) is 9.47 Å². The van der Waals surface area contributed by atoms with Crippen LogP contribution in [0.3, 0.4) is 0 Å². The smallest absolute Gasteiger partial charge is 0.191 e. The standard InChI is InChI=1S/C13H29N3O2/c1-5-14-13(15-7-6-9-17-4)16-8-10-18-11-12(2)3/h12H,5-11H2,1-4H3,(H2,14,15,16). The van der Waals surface area contributed by atoms with Crippen LogP contribution in [0.5, 0.6) is 0 Å². The first-order chi connectivity index (χ1) is 8.70. The summed E-state index contributed by atoms with van der Waals surface area (Å²) in [5, 5.41) is 6.45. The maximum absolute atomic E-state index is 5.50. The minimum Gasteiger partial charge on any atom is -0.385 e. The third kappa shape index (κ3) is 11.7. The van der Waals surface area contributed by atoms with Gasteiger partial charge in [-0.05, 0) is 19.3 Å². The van der Waals surface area contributed by atoms with Crippen molar-refractivity contribution in [1.29, 1.82) is 0 Å². The molecule has 2 N–H and O–H groups in total. The number of ether oxygens (including phenoxy) is 2. The molecule has 0 unspecified atom stereocenters. The second-order valence-corrected chi connectivity index (χ2v) is 4.50. The van der Waals surface area contributed by atoms with Crippen molar-refractivity contribution in [2.45, 2.75) is 27.2 Å². The minimum atomic E-state index is 0.584. The summed E-state index contributed by atoms with van der Waals surface area (Å²) >= 11 is 0. The van der Waals surface area contributed by atoms with Gasteiger partial charge in [0, 0.05) is 40.0 Å². The van der Waals surface area contributed by atoms with Crippen LogP contribution in [0.15, 0.2) is 4.99 Å². The number of nitrogens with one attached hydrogen (secondary N) is 2. The van der Waals surface area contributed by atoms with Gasteiger partial charge in [0.1, 0.15) is 0 Å². The van der Waals surface area contributed by atoms with Crippen LogP contribution in [-0.4, -0.2) is 52.5 Å². The minimum absolute atomic E-state index is 0.584. The average Bonchev–Trinajstić information content (AvgIpc) is 2.33. The molecule has 0 atom stereocenters. The highest BCUT2D eigenvalue weighted by atomic mass is 16.5. The molecule has 0 fully saturated rings. The summed E-state index contributed by atoms with van der Waals surface area (Å²) in [4.78, 5) is 4.44. The van der Waals surface area contributed by atoms with Gasteiger partial charge in [-0.1, -0.05) is 13.8 Å². The highest BCUT2D eigenvalue weighted by Crippen LogP contribution is 1.91. The van der Waals surface area contributed by atoms with Crippen molar-refractivity contribution in [3.05, 3.63) is 0 Å². The van der Waals surface area contributed by atoms with Crippen LogP contribution in [0.2, 0.25) is 0 Å². The van der Waals surface area contributed by atoms with Crippen molar-refractivity contribution in [2.24, 2.45) is 10.9 Å². The largest absolute Gasteiger partial charge is 0.385 e. The number of methoxy groups -OCH3 is 1. The second-order valence-electron chi connectivity index (χ2n) is 4.50. The van der Waals surface area contributed by atoms with Crippen LogP contribution in [0.1, 0.15) is 27.2 Å². The molecule has 0 aliphatic carbocycles. The van der Waals surface area contributed by atoms with E-state index in [0.717, 1.165) is 45.2 Å². The summed E-state index contributed by atoms with van der Waals surface area (Å²) in [6.07, 6.45) is 0.941. The van der Waals surface area contributed by atoms with Gasteiger partial charge in [0.2, 0.25) is 0 Å². The average molecular weight is 259 g/mol. The Labute approximate surface area is 111 Å². The van der Waals surface area contributed by atoms with Crippen LogP contribution < -0.4 is 10.6 Å². The molecule has 0 amide bonds. The van der Waals surface area contributed by atoms with Gasteiger partial charge in [0.25, 0.3) is 0 Å². The first-order valence-electron chi connectivity index (χ1n) is 6.79. The highest BCUT2D eigenvalue weighted by Gasteiger charge is 1.97. The lowest BCUT2D eigenvalue weighted by atomic mass is 10.2. The maximum atomic E-state index is 5.50. The summed E-state index contributed by atoms with van der Waals surface area (Å²) in [5.41, 5.74) is 0. The quantitative estimate of drug-likeness (QED) is 0.352. The number of aliphatic imine (C=N–C) groups is 1. The van der Waals surface area contributed by atoms with E-state index in [4.69, 9.17) is 9.47 Å². The molecule has 18 heavy (non-hydrogen) atoms. The van der Waals surface area contributed by atoms with Crippen LogP contribution in [0.25, 0.3) is 0 Å². The Bertz CT molecular complexity index is 208. The zero-order chi connectivity index (χ0) is 13.6. The molecule has 5 nitrogen and oxygen atoms in total. The van der Waals surface area contributed by atoms with Gasteiger partial charge < -0.3 is 20.1 Å². The van der Waals surface area contributed by atoms with E-state index in [1.54, 1.807) is 7.11 Å². The van der Waals surface area contributed by atoms with E-state index in [-0.39, 0.29) is 0 Å². The van der Waals surface area contributed by atoms with Crippen molar-refractivity contribution in [1.82, 2.24) is 10.6 Å². The fraction of sp³-hybridized carbons (Fsp3) is 0.923. The molecule has 108 valence electrons. The molecule has 5 heteroatoms. The molecule has 0 spiro atoms. The molecule has 0 rings (SSSR count). The number of nitrogens with zero attached hydrogens (tertiary/aromatic N) is 1. The van der Waals surface area contributed by atoms with Crippen molar-refractivity contribution < 1.29 is 9.47 Å². The van der Waals surface area contributed by atoms with E-state index in [1.165, 1.54) is 0 Å². The zero-order valence-corrected chi connectivity index (χ0v) is 12.3. The molecular weight excluding hydrogens is 230 g/mol. The Kier molecular flexibility index (Phi) is 12.1. The maximum Gasteiger partial charge on any atom is 0.191 e. The predicted molar refractivity (Wildman–Crippen MR) is 76.1 cm³/mol. The molecule has 0 bridgehead atoms. The number of guanidine groups is 1. The zero-order valence-electron chi connectivity index (χ0n) is 12.3. The Hall–Kier alpha value is -0.810. The number of hydrogen-bond acceptors (Lipinski definition) is 3. The lowest BCUT2D eigenvalue weighted by Gasteiger charge is -2.12. The SMILES string of the molecule is CCNC(=NCCCOC)NCCOCC(C)C. The van der Waals surface area contributed by atoms with Crippen molar-refractivity contribution >= 4 is 5.96 Å². The molecule has 0 saturated carbocycles. The summed E-state index contributed by atoms with van der Waals surface area (Å²) in [6.45, 7) is 11.0. The Balaban J connectivity index is 3.68. The molecule has 0 aliphatic heterocycles. The lowest BCUT2D eigenvalue weighted by molar-refractivity contribution is 0.114. The Morgan fingerprint density at radius 3 is 2.61 bits per heavy atom. The van der Waals surface area contributed by atoms with Gasteiger partial charge in [-0.15, -0.1) is 0 Å². The van der Waals surface area contributed by atoms with Crippen molar-refractivity contribution in [3.63, 3.8) is 0 Å². The monoisotopic (exact) mass is 259 g/mol. The molecule has 0 heterocycles. The summed E-state index contributed by atoms with van der Waals surface area (Å²) < 4.78 is 10.5. The third-order valence-corrected chi connectivity index (χ3v) is 2.11. The molecule has 0 aromatic carbocycles. The van der Waals surface area contributed by atoms with E-state index in [2.05, 4.69) is 36.4 Å². The van der Waals surface area contributed by atoms with Gasteiger partial charge >= 0.3 is 0 Å². The van der Waals surface area contributed by atoms with Gasteiger partial charge in [0.05, 0.1) is 6.61 Å². The van der Waals surface area contributed by atoms with E-state index in [1.807, 2.05) is 0 Å². The fourth-order valence-corrected chi connectivity index (χ4v) is 1.30. The highest BCUT2D eigenvalue weighted by molar-refractivity contribution is 5.79. The molecule has 0 saturated heterocycles. The summed E-state index contributed by atoms with van der Waals surface area (Å²) in [6, 6.07) is 0. The lowest BCUT2D eigenvalue weighted by Crippen LogP contribution is -2.39.